The van der Waals surface area contributed by atoms with Crippen LogP contribution in [0.2, 0.25) is 0 Å². The highest BCUT2D eigenvalue weighted by molar-refractivity contribution is 9.10. The maximum atomic E-state index is 10.5. The van der Waals surface area contributed by atoms with E-state index >= 15 is 0 Å². The molecule has 0 aromatic carbocycles. The van der Waals surface area contributed by atoms with Crippen molar-refractivity contribution in [3.8, 4) is 0 Å². The standard InChI is InChI=1S/C8H12BrN5O/c9-5-4-13-8(11)14-7(5)12-3-1-2-6(10)15/h4H,1-3H2,(H2,10,15)(H3,11,12,13,14). The van der Waals surface area contributed by atoms with Crippen molar-refractivity contribution in [2.24, 2.45) is 5.73 Å². The lowest BCUT2D eigenvalue weighted by molar-refractivity contribution is -0.118. The van der Waals surface area contributed by atoms with Crippen LogP contribution in [-0.2, 0) is 4.79 Å². The Kier molecular flexibility index (Phi) is 4.29. The molecule has 0 aliphatic rings. The third-order valence-corrected chi connectivity index (χ3v) is 2.24. The highest BCUT2D eigenvalue weighted by atomic mass is 79.9. The molecule has 7 heteroatoms. The number of nitrogen functional groups attached to an aromatic ring is 1. The minimum atomic E-state index is -0.307. The Morgan fingerprint density at radius 3 is 3.00 bits per heavy atom. The van der Waals surface area contributed by atoms with Gasteiger partial charge in [0.25, 0.3) is 0 Å². The monoisotopic (exact) mass is 273 g/mol. The molecular weight excluding hydrogens is 262 g/mol. The van der Waals surface area contributed by atoms with Gasteiger partial charge in [0.05, 0.1) is 4.47 Å². The van der Waals surface area contributed by atoms with Crippen molar-refractivity contribution >= 4 is 33.6 Å². The quantitative estimate of drug-likeness (QED) is 0.678. The van der Waals surface area contributed by atoms with E-state index < -0.39 is 0 Å². The molecule has 0 bridgehead atoms. The Morgan fingerprint density at radius 2 is 2.33 bits per heavy atom. The van der Waals surface area contributed by atoms with Crippen molar-refractivity contribution in [1.29, 1.82) is 0 Å². The van der Waals surface area contributed by atoms with Crippen LogP contribution in [0.4, 0.5) is 11.8 Å². The van der Waals surface area contributed by atoms with Crippen LogP contribution < -0.4 is 16.8 Å². The lowest BCUT2D eigenvalue weighted by Gasteiger charge is -2.06. The topological polar surface area (TPSA) is 107 Å². The van der Waals surface area contributed by atoms with Gasteiger partial charge in [0.2, 0.25) is 11.9 Å². The molecule has 1 aromatic rings. The third-order valence-electron chi connectivity index (χ3n) is 1.66. The number of amides is 1. The van der Waals surface area contributed by atoms with Crippen molar-refractivity contribution in [2.45, 2.75) is 12.8 Å². The third kappa shape index (κ3) is 4.11. The molecule has 0 radical (unpaired) electrons. The second-order valence-electron chi connectivity index (χ2n) is 2.92. The number of nitrogens with two attached hydrogens (primary N) is 2. The number of carbonyl (C=O) groups excluding carboxylic acids is 1. The van der Waals surface area contributed by atoms with Gasteiger partial charge in [0, 0.05) is 19.2 Å². The fourth-order valence-electron chi connectivity index (χ4n) is 0.974. The van der Waals surface area contributed by atoms with E-state index in [1.807, 2.05) is 0 Å². The number of anilines is 2. The molecule has 1 aromatic heterocycles. The molecule has 15 heavy (non-hydrogen) atoms. The van der Waals surface area contributed by atoms with Crippen LogP contribution in [0.15, 0.2) is 10.7 Å². The van der Waals surface area contributed by atoms with Gasteiger partial charge in [-0.2, -0.15) is 4.98 Å². The first-order valence-electron chi connectivity index (χ1n) is 4.40. The average molecular weight is 274 g/mol. The summed E-state index contributed by atoms with van der Waals surface area (Å²) in [6.45, 7) is 0.609. The number of carbonyl (C=O) groups is 1. The lowest BCUT2D eigenvalue weighted by Crippen LogP contribution is -2.13. The van der Waals surface area contributed by atoms with Gasteiger partial charge in [-0.25, -0.2) is 4.98 Å². The lowest BCUT2D eigenvalue weighted by atomic mass is 10.3. The summed E-state index contributed by atoms with van der Waals surface area (Å²) in [6.07, 6.45) is 2.58. The normalized spacial score (nSPS) is 9.93. The summed E-state index contributed by atoms with van der Waals surface area (Å²) in [7, 11) is 0. The van der Waals surface area contributed by atoms with Crippen LogP contribution in [0.25, 0.3) is 0 Å². The van der Waals surface area contributed by atoms with Crippen LogP contribution in [0, 0.1) is 0 Å². The van der Waals surface area contributed by atoms with Gasteiger partial charge in [-0.1, -0.05) is 0 Å². The number of rotatable bonds is 5. The Morgan fingerprint density at radius 1 is 1.60 bits per heavy atom. The van der Waals surface area contributed by atoms with Gasteiger partial charge < -0.3 is 16.8 Å². The van der Waals surface area contributed by atoms with E-state index in [2.05, 4.69) is 31.2 Å². The number of halogens is 1. The SMILES string of the molecule is NC(=O)CCCNc1nc(N)ncc1Br. The van der Waals surface area contributed by atoms with Crippen LogP contribution in [0.1, 0.15) is 12.8 Å². The Bertz CT molecular complexity index is 357. The average Bonchev–Trinajstić information content (AvgIpc) is 2.17. The van der Waals surface area contributed by atoms with Crippen molar-refractivity contribution in [2.75, 3.05) is 17.6 Å². The summed E-state index contributed by atoms with van der Waals surface area (Å²) in [5.41, 5.74) is 10.4. The second-order valence-corrected chi connectivity index (χ2v) is 3.78. The predicted octanol–water partition coefficient (Wildman–Crippen LogP) is 0.499. The summed E-state index contributed by atoms with van der Waals surface area (Å²) in [5, 5.41) is 3.02. The first-order valence-corrected chi connectivity index (χ1v) is 5.19. The molecule has 1 rings (SSSR count). The van der Waals surface area contributed by atoms with E-state index in [1.165, 1.54) is 0 Å². The van der Waals surface area contributed by atoms with Gasteiger partial charge in [0.15, 0.2) is 0 Å². The van der Waals surface area contributed by atoms with E-state index in [9.17, 15) is 4.79 Å². The van der Waals surface area contributed by atoms with Crippen LogP contribution in [0.3, 0.4) is 0 Å². The van der Waals surface area contributed by atoms with Crippen LogP contribution in [0.5, 0.6) is 0 Å². The number of hydrogen-bond acceptors (Lipinski definition) is 5. The van der Waals surface area contributed by atoms with Gasteiger partial charge in [0.1, 0.15) is 5.82 Å². The summed E-state index contributed by atoms with van der Waals surface area (Å²) >= 11 is 3.28. The number of aromatic nitrogens is 2. The first kappa shape index (κ1) is 11.7. The number of nitrogens with zero attached hydrogens (tertiary/aromatic N) is 2. The molecule has 0 atom stereocenters. The second kappa shape index (κ2) is 5.50. The zero-order chi connectivity index (χ0) is 11.3. The maximum absolute atomic E-state index is 10.5. The zero-order valence-electron chi connectivity index (χ0n) is 8.03. The fourth-order valence-corrected chi connectivity index (χ4v) is 1.31. The van der Waals surface area contributed by atoms with E-state index in [4.69, 9.17) is 11.5 Å². The smallest absolute Gasteiger partial charge is 0.221 e. The summed E-state index contributed by atoms with van der Waals surface area (Å²) in [4.78, 5) is 18.3. The van der Waals surface area contributed by atoms with Crippen LogP contribution in [-0.4, -0.2) is 22.4 Å². The predicted molar refractivity (Wildman–Crippen MR) is 61.1 cm³/mol. The summed E-state index contributed by atoms with van der Waals surface area (Å²) in [6, 6.07) is 0. The summed E-state index contributed by atoms with van der Waals surface area (Å²) < 4.78 is 0.732. The molecule has 6 nitrogen and oxygen atoms in total. The molecule has 82 valence electrons. The van der Waals surface area contributed by atoms with Gasteiger partial charge >= 0.3 is 0 Å². The van der Waals surface area contributed by atoms with Gasteiger partial charge in [-0.15, -0.1) is 0 Å². The largest absolute Gasteiger partial charge is 0.370 e. The molecule has 0 unspecified atom stereocenters. The van der Waals surface area contributed by atoms with Crippen LogP contribution >= 0.6 is 15.9 Å². The minimum absolute atomic E-state index is 0.204. The van der Waals surface area contributed by atoms with Crippen molar-refractivity contribution in [1.82, 2.24) is 9.97 Å². The zero-order valence-corrected chi connectivity index (χ0v) is 9.62. The molecule has 1 heterocycles. The summed E-state index contributed by atoms with van der Waals surface area (Å²) in [5.74, 6) is 0.514. The van der Waals surface area contributed by atoms with Gasteiger partial charge in [-0.3, -0.25) is 4.79 Å². The molecule has 1 amide bonds. The number of hydrogen-bond donors (Lipinski definition) is 3. The van der Waals surface area contributed by atoms with Crippen molar-refractivity contribution in [3.05, 3.63) is 10.7 Å². The van der Waals surface area contributed by atoms with E-state index in [1.54, 1.807) is 6.20 Å². The Labute approximate surface area is 95.6 Å². The fraction of sp³-hybridized carbons (Fsp3) is 0.375. The molecule has 0 saturated carbocycles. The highest BCUT2D eigenvalue weighted by Gasteiger charge is 2.02. The van der Waals surface area contributed by atoms with E-state index in [0.717, 1.165) is 4.47 Å². The van der Waals surface area contributed by atoms with Gasteiger partial charge in [-0.05, 0) is 22.4 Å². The van der Waals surface area contributed by atoms with E-state index in [0.29, 0.717) is 25.2 Å². The molecule has 0 aliphatic heterocycles. The van der Waals surface area contributed by atoms with E-state index in [-0.39, 0.29) is 11.9 Å². The molecule has 0 spiro atoms. The molecule has 0 aliphatic carbocycles. The number of primary amides is 1. The molecule has 0 fully saturated rings. The molecule has 0 saturated heterocycles. The maximum Gasteiger partial charge on any atom is 0.221 e. The molecule has 5 N–H and O–H groups in total. The van der Waals surface area contributed by atoms with Crippen molar-refractivity contribution < 1.29 is 4.79 Å². The number of nitrogens with one attached hydrogen (secondary N) is 1. The highest BCUT2D eigenvalue weighted by Crippen LogP contribution is 2.18. The first-order chi connectivity index (χ1) is 7.09. The minimum Gasteiger partial charge on any atom is -0.370 e. The molecular formula is C8H12BrN5O. The Balaban J connectivity index is 2.43. The Hall–Kier alpha value is -1.37. The van der Waals surface area contributed by atoms with Crippen molar-refractivity contribution in [3.63, 3.8) is 0 Å².